The lowest BCUT2D eigenvalue weighted by Crippen LogP contribution is -1.89. The van der Waals surface area contributed by atoms with E-state index in [2.05, 4.69) is 31.1 Å². The molecule has 21 heavy (non-hydrogen) atoms. The number of nitrogens with two attached hydrogens (primary N) is 1. The zero-order chi connectivity index (χ0) is 15.0. The zero-order valence-corrected chi connectivity index (χ0v) is 13.2. The van der Waals surface area contributed by atoms with Gasteiger partial charge in [0.15, 0.2) is 0 Å². The van der Waals surface area contributed by atoms with E-state index >= 15 is 0 Å². The van der Waals surface area contributed by atoms with Gasteiger partial charge < -0.3 is 10.3 Å². The highest BCUT2D eigenvalue weighted by Crippen LogP contribution is 2.28. The van der Waals surface area contributed by atoms with E-state index in [0.717, 1.165) is 21.2 Å². The van der Waals surface area contributed by atoms with Crippen LogP contribution in [0.15, 0.2) is 39.5 Å². The topological polar surface area (TPSA) is 77.8 Å². The second kappa shape index (κ2) is 5.29. The normalized spacial score (nSPS) is 10.8. The van der Waals surface area contributed by atoms with Crippen LogP contribution >= 0.6 is 15.9 Å². The Morgan fingerprint density at radius 1 is 1.14 bits per heavy atom. The lowest BCUT2D eigenvalue weighted by molar-refractivity contribution is 0.431. The van der Waals surface area contributed by atoms with Gasteiger partial charge in [-0.2, -0.15) is 4.98 Å². The fourth-order valence-corrected chi connectivity index (χ4v) is 2.28. The maximum atomic E-state index is 5.61. The fourth-order valence-electron chi connectivity index (χ4n) is 2.05. The van der Waals surface area contributed by atoms with Gasteiger partial charge >= 0.3 is 0 Å². The highest BCUT2D eigenvalue weighted by molar-refractivity contribution is 9.10. The summed E-state index contributed by atoms with van der Waals surface area (Å²) in [6.07, 6.45) is 1.56. The highest BCUT2D eigenvalue weighted by Gasteiger charge is 2.13. The molecule has 2 N–H and O–H groups in total. The van der Waals surface area contributed by atoms with Gasteiger partial charge in [0.2, 0.25) is 5.82 Å². The van der Waals surface area contributed by atoms with Crippen molar-refractivity contribution in [1.29, 1.82) is 0 Å². The summed E-state index contributed by atoms with van der Waals surface area (Å²) in [5.41, 5.74) is 9.98. The average molecular weight is 345 g/mol. The van der Waals surface area contributed by atoms with Gasteiger partial charge in [0.25, 0.3) is 5.89 Å². The minimum Gasteiger partial charge on any atom is -0.397 e. The number of rotatable bonds is 2. The van der Waals surface area contributed by atoms with Crippen LogP contribution in [0.2, 0.25) is 0 Å². The molecular weight excluding hydrogens is 332 g/mol. The molecule has 106 valence electrons. The first-order valence-corrected chi connectivity index (χ1v) is 7.16. The standard InChI is InChI=1S/C15H13BrN4O/c1-8-5-10(6-9(2)13(8)16)14-19-15(21-20-14)12-4-3-11(17)7-18-12/h3-7H,17H2,1-2H3. The molecule has 0 fully saturated rings. The van der Waals surface area contributed by atoms with Crippen molar-refractivity contribution in [3.05, 3.63) is 46.1 Å². The van der Waals surface area contributed by atoms with Gasteiger partial charge in [-0.05, 0) is 49.2 Å². The molecule has 0 saturated carbocycles. The largest absolute Gasteiger partial charge is 0.397 e. The molecule has 0 radical (unpaired) electrons. The summed E-state index contributed by atoms with van der Waals surface area (Å²) in [4.78, 5) is 8.57. The van der Waals surface area contributed by atoms with Crippen LogP contribution in [-0.4, -0.2) is 15.1 Å². The number of pyridine rings is 1. The molecule has 2 aromatic heterocycles. The number of anilines is 1. The molecule has 0 aliphatic heterocycles. The van der Waals surface area contributed by atoms with Crippen LogP contribution in [0.5, 0.6) is 0 Å². The number of hydrogen-bond donors (Lipinski definition) is 1. The first-order chi connectivity index (χ1) is 10.0. The van der Waals surface area contributed by atoms with Gasteiger partial charge in [-0.3, -0.25) is 0 Å². The summed E-state index contributed by atoms with van der Waals surface area (Å²) < 4.78 is 6.37. The molecule has 0 saturated heterocycles. The summed E-state index contributed by atoms with van der Waals surface area (Å²) in [6, 6.07) is 7.54. The molecule has 0 spiro atoms. The van der Waals surface area contributed by atoms with E-state index in [1.807, 2.05) is 26.0 Å². The van der Waals surface area contributed by atoms with E-state index in [-0.39, 0.29) is 0 Å². The zero-order valence-electron chi connectivity index (χ0n) is 11.6. The predicted octanol–water partition coefficient (Wildman–Crippen LogP) is 3.76. The van der Waals surface area contributed by atoms with Crippen LogP contribution in [0.25, 0.3) is 23.0 Å². The van der Waals surface area contributed by atoms with Crippen molar-refractivity contribution in [3.8, 4) is 23.0 Å². The van der Waals surface area contributed by atoms with Crippen molar-refractivity contribution in [2.45, 2.75) is 13.8 Å². The fraction of sp³-hybridized carbons (Fsp3) is 0.133. The van der Waals surface area contributed by atoms with Gasteiger partial charge in [-0.15, -0.1) is 0 Å². The molecule has 1 aromatic carbocycles. The molecule has 0 bridgehead atoms. The van der Waals surface area contributed by atoms with Gasteiger partial charge in [0.05, 0.1) is 11.9 Å². The van der Waals surface area contributed by atoms with Crippen molar-refractivity contribution < 1.29 is 4.52 Å². The maximum absolute atomic E-state index is 5.61. The van der Waals surface area contributed by atoms with E-state index in [9.17, 15) is 0 Å². The number of halogens is 1. The Kier molecular flexibility index (Phi) is 3.47. The number of nitrogens with zero attached hydrogens (tertiary/aromatic N) is 3. The monoisotopic (exact) mass is 344 g/mol. The highest BCUT2D eigenvalue weighted by atomic mass is 79.9. The Labute approximate surface area is 130 Å². The number of aryl methyl sites for hydroxylation is 2. The molecule has 3 rings (SSSR count). The lowest BCUT2D eigenvalue weighted by Gasteiger charge is -2.04. The quantitative estimate of drug-likeness (QED) is 0.765. The Morgan fingerprint density at radius 3 is 2.48 bits per heavy atom. The second-order valence-corrected chi connectivity index (χ2v) is 5.62. The molecule has 0 aliphatic rings. The number of hydrogen-bond acceptors (Lipinski definition) is 5. The third-order valence-corrected chi connectivity index (χ3v) is 4.38. The van der Waals surface area contributed by atoms with E-state index in [0.29, 0.717) is 23.1 Å². The van der Waals surface area contributed by atoms with Crippen molar-refractivity contribution >= 4 is 21.6 Å². The van der Waals surface area contributed by atoms with E-state index in [1.54, 1.807) is 18.3 Å². The van der Waals surface area contributed by atoms with Crippen molar-refractivity contribution in [2.24, 2.45) is 0 Å². The summed E-state index contributed by atoms with van der Waals surface area (Å²) in [6.45, 7) is 4.06. The summed E-state index contributed by atoms with van der Waals surface area (Å²) >= 11 is 3.55. The molecule has 0 unspecified atom stereocenters. The number of nitrogen functional groups attached to an aromatic ring is 1. The molecular formula is C15H13BrN4O. The minimum atomic E-state index is 0.378. The molecule has 2 heterocycles. The predicted molar refractivity (Wildman–Crippen MR) is 84.6 cm³/mol. The maximum Gasteiger partial charge on any atom is 0.276 e. The van der Waals surface area contributed by atoms with Crippen LogP contribution in [0.4, 0.5) is 5.69 Å². The Balaban J connectivity index is 2.00. The van der Waals surface area contributed by atoms with Crippen molar-refractivity contribution in [2.75, 3.05) is 5.73 Å². The van der Waals surface area contributed by atoms with Gasteiger partial charge in [-0.25, -0.2) is 4.98 Å². The molecule has 0 atom stereocenters. The van der Waals surface area contributed by atoms with Gasteiger partial charge in [0, 0.05) is 10.0 Å². The van der Waals surface area contributed by atoms with Crippen LogP contribution in [0.3, 0.4) is 0 Å². The van der Waals surface area contributed by atoms with Crippen LogP contribution in [0.1, 0.15) is 11.1 Å². The minimum absolute atomic E-state index is 0.378. The Morgan fingerprint density at radius 2 is 1.86 bits per heavy atom. The van der Waals surface area contributed by atoms with Crippen LogP contribution in [-0.2, 0) is 0 Å². The summed E-state index contributed by atoms with van der Waals surface area (Å²) in [5.74, 6) is 0.922. The van der Waals surface area contributed by atoms with E-state index in [4.69, 9.17) is 10.3 Å². The average Bonchev–Trinajstić information content (AvgIpc) is 2.95. The van der Waals surface area contributed by atoms with Gasteiger partial charge in [-0.1, -0.05) is 21.1 Å². The first-order valence-electron chi connectivity index (χ1n) is 6.37. The number of aromatic nitrogens is 3. The Hall–Kier alpha value is -2.21. The molecule has 6 heteroatoms. The van der Waals surface area contributed by atoms with Gasteiger partial charge in [0.1, 0.15) is 5.69 Å². The molecule has 0 aliphatic carbocycles. The molecule has 3 aromatic rings. The summed E-state index contributed by atoms with van der Waals surface area (Å²) in [7, 11) is 0. The first kappa shape index (κ1) is 13.8. The second-order valence-electron chi connectivity index (χ2n) is 4.82. The van der Waals surface area contributed by atoms with Crippen molar-refractivity contribution in [1.82, 2.24) is 15.1 Å². The van der Waals surface area contributed by atoms with Crippen LogP contribution < -0.4 is 5.73 Å². The molecule has 5 nitrogen and oxygen atoms in total. The Bertz CT molecular complexity index is 773. The van der Waals surface area contributed by atoms with Crippen LogP contribution in [0, 0.1) is 13.8 Å². The van der Waals surface area contributed by atoms with E-state index in [1.165, 1.54) is 0 Å². The van der Waals surface area contributed by atoms with E-state index < -0.39 is 0 Å². The lowest BCUT2D eigenvalue weighted by atomic mass is 10.1. The third kappa shape index (κ3) is 2.67. The SMILES string of the molecule is Cc1cc(-c2noc(-c3ccc(N)cn3)n2)cc(C)c1Br. The molecule has 0 amide bonds. The van der Waals surface area contributed by atoms with Crippen molar-refractivity contribution in [3.63, 3.8) is 0 Å². The smallest absolute Gasteiger partial charge is 0.276 e. The number of benzene rings is 1. The third-order valence-electron chi connectivity index (χ3n) is 3.13. The summed E-state index contributed by atoms with van der Waals surface area (Å²) in [5, 5.41) is 4.02.